The smallest absolute Gasteiger partial charge is 0.298 e. The largest absolute Gasteiger partial charge is 0.488 e. The lowest BCUT2D eigenvalue weighted by Gasteiger charge is -2.11. The number of benzene rings is 2. The van der Waals surface area contributed by atoms with Gasteiger partial charge >= 0.3 is 0 Å². The molecule has 4 nitrogen and oxygen atoms in total. The first-order valence-corrected chi connectivity index (χ1v) is 9.36. The molecule has 0 aliphatic carbocycles. The average Bonchev–Trinajstić information content (AvgIpc) is 2.88. The quantitative estimate of drug-likeness (QED) is 0.352. The number of hydrogen-bond donors (Lipinski definition) is 0. The van der Waals surface area contributed by atoms with Gasteiger partial charge in [-0.3, -0.25) is 9.59 Å². The molecule has 0 unspecified atom stereocenters. The lowest BCUT2D eigenvalue weighted by atomic mass is 10.2. The molecule has 0 atom stereocenters. The third-order valence-corrected chi connectivity index (χ3v) is 5.13. The van der Waals surface area contributed by atoms with Crippen LogP contribution in [-0.2, 0) is 4.79 Å². The first kappa shape index (κ1) is 17.8. The van der Waals surface area contributed by atoms with Crippen LogP contribution in [-0.4, -0.2) is 17.8 Å². The summed E-state index contributed by atoms with van der Waals surface area (Å²) in [4.78, 5) is 26.4. The molecule has 0 saturated carbocycles. The molecule has 0 N–H and O–H groups in total. The van der Waals surface area contributed by atoms with E-state index in [2.05, 4.69) is 29.2 Å². The minimum absolute atomic E-state index is 0.289. The van der Waals surface area contributed by atoms with E-state index in [0.29, 0.717) is 17.2 Å². The Bertz CT molecular complexity index is 864. The highest BCUT2D eigenvalue weighted by Crippen LogP contribution is 2.36. The average molecular weight is 463 g/mol. The molecule has 6 heteroatoms. The molecule has 2 amide bonds. The highest BCUT2D eigenvalue weighted by atomic mass is 127. The number of hydrogen-bond acceptors (Lipinski definition) is 4. The molecule has 1 heterocycles. The van der Waals surface area contributed by atoms with Gasteiger partial charge in [-0.25, -0.2) is 4.90 Å². The maximum atomic E-state index is 12.6. The van der Waals surface area contributed by atoms with E-state index in [4.69, 9.17) is 4.74 Å². The van der Waals surface area contributed by atoms with Crippen LogP contribution < -0.4 is 9.64 Å². The Labute approximate surface area is 163 Å². The predicted molar refractivity (Wildman–Crippen MR) is 110 cm³/mol. The zero-order chi connectivity index (χ0) is 17.8. The molecule has 1 saturated heterocycles. The monoisotopic (exact) mass is 463 g/mol. The number of ether oxygens (including phenoxy) is 1. The molecular weight excluding hydrogens is 449 g/mol. The van der Waals surface area contributed by atoms with E-state index in [1.165, 1.54) is 4.90 Å². The first-order valence-electron chi connectivity index (χ1n) is 7.46. The summed E-state index contributed by atoms with van der Waals surface area (Å²) in [6, 6.07) is 14.5. The van der Waals surface area contributed by atoms with Gasteiger partial charge in [0.1, 0.15) is 12.4 Å². The summed E-state index contributed by atoms with van der Waals surface area (Å²) in [6.07, 6.45) is 3.41. The third kappa shape index (κ3) is 3.96. The maximum Gasteiger partial charge on any atom is 0.298 e. The number of nitrogens with zero attached hydrogens (tertiary/aromatic N) is 1. The molecule has 2 aromatic carbocycles. The highest BCUT2D eigenvalue weighted by Gasteiger charge is 2.36. The minimum Gasteiger partial charge on any atom is -0.488 e. The maximum absolute atomic E-state index is 12.6. The van der Waals surface area contributed by atoms with E-state index in [-0.39, 0.29) is 11.1 Å². The Kier molecular flexibility index (Phi) is 5.60. The van der Waals surface area contributed by atoms with Crippen molar-refractivity contribution in [1.29, 1.82) is 0 Å². The summed E-state index contributed by atoms with van der Waals surface area (Å²) >= 11 is 3.12. The van der Waals surface area contributed by atoms with Crippen molar-refractivity contribution in [3.63, 3.8) is 0 Å². The Morgan fingerprint density at radius 3 is 2.60 bits per heavy atom. The summed E-state index contributed by atoms with van der Waals surface area (Å²) in [6.45, 7) is 4.06. The van der Waals surface area contributed by atoms with Crippen LogP contribution in [0.3, 0.4) is 0 Å². The van der Waals surface area contributed by atoms with Crippen molar-refractivity contribution in [3.8, 4) is 5.75 Å². The van der Waals surface area contributed by atoms with Crippen molar-refractivity contribution < 1.29 is 14.3 Å². The fourth-order valence-electron chi connectivity index (χ4n) is 2.29. The molecule has 0 radical (unpaired) electrons. The highest BCUT2D eigenvalue weighted by molar-refractivity contribution is 14.1. The van der Waals surface area contributed by atoms with E-state index in [0.717, 1.165) is 26.6 Å². The lowest BCUT2D eigenvalue weighted by Crippen LogP contribution is -2.27. The second-order valence-electron chi connectivity index (χ2n) is 5.14. The Hall–Kier alpha value is -2.06. The van der Waals surface area contributed by atoms with Crippen molar-refractivity contribution in [2.24, 2.45) is 0 Å². The van der Waals surface area contributed by atoms with Gasteiger partial charge in [-0.05, 0) is 70.3 Å². The summed E-state index contributed by atoms with van der Waals surface area (Å²) < 4.78 is 6.47. The molecule has 3 rings (SSSR count). The normalized spacial score (nSPS) is 15.7. The first-order chi connectivity index (χ1) is 12.1. The number of carbonyl (C=O) groups is 2. The van der Waals surface area contributed by atoms with Gasteiger partial charge in [0.2, 0.25) is 0 Å². The zero-order valence-electron chi connectivity index (χ0n) is 13.1. The Balaban J connectivity index is 1.85. The molecule has 25 heavy (non-hydrogen) atoms. The molecule has 126 valence electrons. The fourth-order valence-corrected chi connectivity index (χ4v) is 3.83. The minimum atomic E-state index is -0.303. The summed E-state index contributed by atoms with van der Waals surface area (Å²) in [5.74, 6) is 0.457. The third-order valence-electron chi connectivity index (χ3n) is 3.42. The number of thioether (sulfide) groups is 1. The van der Waals surface area contributed by atoms with Crippen molar-refractivity contribution >= 4 is 57.3 Å². The second kappa shape index (κ2) is 7.88. The number of imide groups is 1. The molecule has 1 aliphatic heterocycles. The van der Waals surface area contributed by atoms with E-state index in [9.17, 15) is 9.59 Å². The van der Waals surface area contributed by atoms with Crippen molar-refractivity contribution in [2.45, 2.75) is 0 Å². The van der Waals surface area contributed by atoms with E-state index in [1.807, 2.05) is 24.3 Å². The van der Waals surface area contributed by atoms with Gasteiger partial charge in [0, 0.05) is 0 Å². The summed E-state index contributed by atoms with van der Waals surface area (Å²) in [7, 11) is 0. The number of anilines is 1. The summed E-state index contributed by atoms with van der Waals surface area (Å²) in [5, 5.41) is -0.289. The van der Waals surface area contributed by atoms with Crippen LogP contribution in [0.2, 0.25) is 0 Å². The van der Waals surface area contributed by atoms with Crippen molar-refractivity contribution in [2.75, 3.05) is 11.5 Å². The van der Waals surface area contributed by atoms with Crippen molar-refractivity contribution in [1.82, 2.24) is 0 Å². The molecule has 1 fully saturated rings. The van der Waals surface area contributed by atoms with Crippen LogP contribution in [0.1, 0.15) is 5.56 Å². The molecular formula is C19H14INO3S. The van der Waals surface area contributed by atoms with Crippen LogP contribution in [0.25, 0.3) is 6.08 Å². The van der Waals surface area contributed by atoms with Gasteiger partial charge in [-0.15, -0.1) is 0 Å². The van der Waals surface area contributed by atoms with Gasteiger partial charge in [0.25, 0.3) is 11.1 Å². The van der Waals surface area contributed by atoms with Crippen LogP contribution in [0, 0.1) is 3.57 Å². The van der Waals surface area contributed by atoms with Gasteiger partial charge in [-0.2, -0.15) is 0 Å². The van der Waals surface area contributed by atoms with Crippen LogP contribution in [0.5, 0.6) is 5.75 Å². The number of rotatable bonds is 5. The lowest BCUT2D eigenvalue weighted by molar-refractivity contribution is -0.113. The zero-order valence-corrected chi connectivity index (χ0v) is 16.1. The number of para-hydroxylation sites is 1. The molecule has 2 aromatic rings. The van der Waals surface area contributed by atoms with Crippen LogP contribution in [0.15, 0.2) is 66.1 Å². The molecule has 0 aromatic heterocycles. The summed E-state index contributed by atoms with van der Waals surface area (Å²) in [5.41, 5.74) is 1.42. The van der Waals surface area contributed by atoms with Crippen LogP contribution >= 0.6 is 34.4 Å². The van der Waals surface area contributed by atoms with Crippen LogP contribution in [0.4, 0.5) is 10.5 Å². The Morgan fingerprint density at radius 1 is 1.16 bits per heavy atom. The number of halogens is 1. The van der Waals surface area contributed by atoms with Gasteiger partial charge < -0.3 is 4.74 Å². The number of amides is 2. The molecule has 0 spiro atoms. The SMILES string of the molecule is C=CCOc1ccc(/C=C2\SC(=O)N(c3ccccc3)C2=O)cc1I. The van der Waals surface area contributed by atoms with E-state index in [1.54, 1.807) is 36.4 Å². The molecule has 1 aliphatic rings. The van der Waals surface area contributed by atoms with E-state index >= 15 is 0 Å². The fraction of sp³-hybridized carbons (Fsp3) is 0.0526. The van der Waals surface area contributed by atoms with Gasteiger partial charge in [-0.1, -0.05) is 36.9 Å². The molecule has 0 bridgehead atoms. The Morgan fingerprint density at radius 2 is 1.92 bits per heavy atom. The topological polar surface area (TPSA) is 46.6 Å². The predicted octanol–water partition coefficient (Wildman–Crippen LogP) is 5.10. The van der Waals surface area contributed by atoms with Crippen molar-refractivity contribution in [3.05, 3.63) is 75.2 Å². The van der Waals surface area contributed by atoms with Gasteiger partial charge in [0.15, 0.2) is 0 Å². The number of carbonyl (C=O) groups excluding carboxylic acids is 2. The standard InChI is InChI=1S/C19H14INO3S/c1-2-10-24-16-9-8-13(11-15(16)20)12-17-18(22)21(19(23)25-17)14-6-4-3-5-7-14/h2-9,11-12H,1,10H2/b17-12-. The van der Waals surface area contributed by atoms with Gasteiger partial charge in [0.05, 0.1) is 14.2 Å². The van der Waals surface area contributed by atoms with E-state index < -0.39 is 0 Å². The second-order valence-corrected chi connectivity index (χ2v) is 7.30.